The van der Waals surface area contributed by atoms with Crippen LogP contribution in [0.2, 0.25) is 10.0 Å². The molecule has 1 aromatic carbocycles. The molecule has 0 saturated heterocycles. The zero-order chi connectivity index (χ0) is 15.7. The number of nitrogens with one attached hydrogen (secondary N) is 1. The van der Waals surface area contributed by atoms with Gasteiger partial charge in [-0.1, -0.05) is 29.6 Å². The van der Waals surface area contributed by atoms with Gasteiger partial charge in [-0.15, -0.1) is 0 Å². The number of carboxylic acids is 1. The second kappa shape index (κ2) is 9.42. The summed E-state index contributed by atoms with van der Waals surface area (Å²) in [5.74, 6) is -1.01. The Bertz CT molecular complexity index is 530. The number of rotatable bonds is 8. The van der Waals surface area contributed by atoms with Gasteiger partial charge >= 0.3 is 5.97 Å². The van der Waals surface area contributed by atoms with E-state index in [2.05, 4.69) is 5.32 Å². The Morgan fingerprint density at radius 1 is 1.19 bits per heavy atom. The Morgan fingerprint density at radius 3 is 2.67 bits per heavy atom. The molecule has 114 valence electrons. The lowest BCUT2D eigenvalue weighted by molar-refractivity contribution is -0.137. The quantitative estimate of drug-likeness (QED) is 0.563. The number of amides is 1. The van der Waals surface area contributed by atoms with Gasteiger partial charge in [0.25, 0.3) is 0 Å². The maximum atomic E-state index is 11.6. The van der Waals surface area contributed by atoms with Crippen LogP contribution in [0.3, 0.4) is 0 Å². The van der Waals surface area contributed by atoms with Gasteiger partial charge in [0.1, 0.15) is 0 Å². The molecule has 2 N–H and O–H groups in total. The van der Waals surface area contributed by atoms with Crippen molar-refractivity contribution in [1.82, 2.24) is 5.32 Å². The van der Waals surface area contributed by atoms with Crippen molar-refractivity contribution in [3.8, 4) is 0 Å². The topological polar surface area (TPSA) is 66.4 Å². The first kappa shape index (κ1) is 17.5. The second-order valence-corrected chi connectivity index (χ2v) is 5.34. The van der Waals surface area contributed by atoms with Gasteiger partial charge in [0.15, 0.2) is 0 Å². The van der Waals surface area contributed by atoms with E-state index in [-0.39, 0.29) is 12.3 Å². The van der Waals surface area contributed by atoms with E-state index in [4.69, 9.17) is 28.3 Å². The van der Waals surface area contributed by atoms with E-state index in [1.807, 2.05) is 0 Å². The minimum atomic E-state index is -0.791. The number of unbranched alkanes of at least 4 members (excludes halogenated alkanes) is 2. The molecule has 0 fully saturated rings. The molecule has 0 radical (unpaired) electrons. The number of halogens is 2. The summed E-state index contributed by atoms with van der Waals surface area (Å²) in [5.41, 5.74) is 0.681. The number of hydrogen-bond donors (Lipinski definition) is 2. The van der Waals surface area contributed by atoms with Gasteiger partial charge in [-0.05, 0) is 42.7 Å². The maximum Gasteiger partial charge on any atom is 0.303 e. The molecule has 0 aliphatic rings. The third kappa shape index (κ3) is 7.73. The molecule has 1 amide bonds. The molecule has 0 spiro atoms. The zero-order valence-corrected chi connectivity index (χ0v) is 13.0. The molecule has 0 bridgehead atoms. The third-order valence-corrected chi connectivity index (χ3v) is 3.32. The van der Waals surface area contributed by atoms with Crippen LogP contribution in [0.1, 0.15) is 31.2 Å². The molecule has 4 nitrogen and oxygen atoms in total. The smallest absolute Gasteiger partial charge is 0.303 e. The van der Waals surface area contributed by atoms with Gasteiger partial charge in [-0.25, -0.2) is 0 Å². The summed E-state index contributed by atoms with van der Waals surface area (Å²) in [5, 5.41) is 12.3. The first-order valence-electron chi connectivity index (χ1n) is 6.62. The van der Waals surface area contributed by atoms with E-state index in [9.17, 15) is 9.59 Å². The molecular formula is C15H17Cl2NO3. The number of carboxylic acid groups (broad SMARTS) is 1. The van der Waals surface area contributed by atoms with Gasteiger partial charge in [0.05, 0.1) is 0 Å². The Labute approximate surface area is 133 Å². The monoisotopic (exact) mass is 329 g/mol. The van der Waals surface area contributed by atoms with Crippen molar-refractivity contribution in [3.63, 3.8) is 0 Å². The fourth-order valence-electron chi connectivity index (χ4n) is 1.66. The van der Waals surface area contributed by atoms with Crippen LogP contribution >= 0.6 is 23.2 Å². The molecule has 0 aliphatic heterocycles. The van der Waals surface area contributed by atoms with E-state index in [0.29, 0.717) is 28.6 Å². The summed E-state index contributed by atoms with van der Waals surface area (Å²) in [6.45, 7) is 0.520. The van der Waals surface area contributed by atoms with Crippen LogP contribution in [0.15, 0.2) is 24.3 Å². The molecule has 0 unspecified atom stereocenters. The van der Waals surface area contributed by atoms with Crippen LogP contribution in [0.25, 0.3) is 6.08 Å². The molecule has 6 heteroatoms. The molecule has 0 aliphatic carbocycles. The number of carbonyl (C=O) groups excluding carboxylic acids is 1. The van der Waals surface area contributed by atoms with Gasteiger partial charge in [0, 0.05) is 29.1 Å². The van der Waals surface area contributed by atoms with E-state index < -0.39 is 5.97 Å². The maximum absolute atomic E-state index is 11.6. The highest BCUT2D eigenvalue weighted by Crippen LogP contribution is 2.21. The molecule has 0 aromatic heterocycles. The molecule has 1 rings (SSSR count). The standard InChI is InChI=1S/C15H17Cl2NO3/c16-12-6-7-13(17)11(10-12)5-8-14(19)18-9-3-1-2-4-15(20)21/h5-8,10H,1-4,9H2,(H,18,19)(H,20,21)/b8-5+. The van der Waals surface area contributed by atoms with Crippen molar-refractivity contribution < 1.29 is 14.7 Å². The molecule has 0 saturated carbocycles. The van der Waals surface area contributed by atoms with Gasteiger partial charge in [-0.3, -0.25) is 9.59 Å². The van der Waals surface area contributed by atoms with Gasteiger partial charge < -0.3 is 10.4 Å². The molecular weight excluding hydrogens is 313 g/mol. The third-order valence-electron chi connectivity index (χ3n) is 2.74. The summed E-state index contributed by atoms with van der Waals surface area (Å²) in [7, 11) is 0. The molecule has 1 aromatic rings. The lowest BCUT2D eigenvalue weighted by Crippen LogP contribution is -2.22. The van der Waals surface area contributed by atoms with Crippen LogP contribution in [-0.4, -0.2) is 23.5 Å². The molecule has 0 heterocycles. The Hall–Kier alpha value is -1.52. The lowest BCUT2D eigenvalue weighted by atomic mass is 10.2. The SMILES string of the molecule is O=C(O)CCCCCNC(=O)/C=C/c1cc(Cl)ccc1Cl. The van der Waals surface area contributed by atoms with Crippen molar-refractivity contribution in [2.45, 2.75) is 25.7 Å². The summed E-state index contributed by atoms with van der Waals surface area (Å²) < 4.78 is 0. The summed E-state index contributed by atoms with van der Waals surface area (Å²) in [6.07, 6.45) is 5.32. The number of carbonyl (C=O) groups is 2. The average molecular weight is 330 g/mol. The predicted molar refractivity (Wildman–Crippen MR) is 84.6 cm³/mol. The highest BCUT2D eigenvalue weighted by atomic mass is 35.5. The number of hydrogen-bond acceptors (Lipinski definition) is 2. The fourth-order valence-corrected chi connectivity index (χ4v) is 2.02. The number of benzene rings is 1. The van der Waals surface area contributed by atoms with Crippen LogP contribution in [0, 0.1) is 0 Å². The average Bonchev–Trinajstić information content (AvgIpc) is 2.43. The van der Waals surface area contributed by atoms with E-state index in [0.717, 1.165) is 12.8 Å². The van der Waals surface area contributed by atoms with Gasteiger partial charge in [0.2, 0.25) is 5.91 Å². The Kier molecular flexibility index (Phi) is 7.87. The predicted octanol–water partition coefficient (Wildman–Crippen LogP) is 3.77. The first-order valence-corrected chi connectivity index (χ1v) is 7.37. The van der Waals surface area contributed by atoms with Crippen molar-refractivity contribution in [1.29, 1.82) is 0 Å². The van der Waals surface area contributed by atoms with Crippen LogP contribution in [-0.2, 0) is 9.59 Å². The van der Waals surface area contributed by atoms with E-state index >= 15 is 0 Å². The van der Waals surface area contributed by atoms with Crippen molar-refractivity contribution in [2.24, 2.45) is 0 Å². The Balaban J connectivity index is 2.28. The van der Waals surface area contributed by atoms with Crippen molar-refractivity contribution in [3.05, 3.63) is 39.9 Å². The zero-order valence-electron chi connectivity index (χ0n) is 11.4. The second-order valence-electron chi connectivity index (χ2n) is 4.49. The molecule has 0 atom stereocenters. The lowest BCUT2D eigenvalue weighted by Gasteiger charge is -2.02. The minimum absolute atomic E-state index is 0.168. The van der Waals surface area contributed by atoms with Crippen LogP contribution in [0.4, 0.5) is 0 Å². The fraction of sp³-hybridized carbons (Fsp3) is 0.333. The summed E-state index contributed by atoms with van der Waals surface area (Å²) >= 11 is 11.8. The highest BCUT2D eigenvalue weighted by molar-refractivity contribution is 6.34. The van der Waals surface area contributed by atoms with Crippen molar-refractivity contribution in [2.75, 3.05) is 6.54 Å². The minimum Gasteiger partial charge on any atom is -0.481 e. The first-order chi connectivity index (χ1) is 9.99. The van der Waals surface area contributed by atoms with E-state index in [1.165, 1.54) is 6.08 Å². The highest BCUT2D eigenvalue weighted by Gasteiger charge is 2.00. The van der Waals surface area contributed by atoms with Gasteiger partial charge in [-0.2, -0.15) is 0 Å². The summed E-state index contributed by atoms with van der Waals surface area (Å²) in [6, 6.07) is 5.03. The summed E-state index contributed by atoms with van der Waals surface area (Å²) in [4.78, 5) is 21.9. The Morgan fingerprint density at radius 2 is 1.95 bits per heavy atom. The largest absolute Gasteiger partial charge is 0.481 e. The number of aliphatic carboxylic acids is 1. The van der Waals surface area contributed by atoms with Crippen LogP contribution < -0.4 is 5.32 Å². The van der Waals surface area contributed by atoms with Crippen molar-refractivity contribution >= 4 is 41.2 Å². The van der Waals surface area contributed by atoms with Crippen LogP contribution in [0.5, 0.6) is 0 Å². The molecule has 21 heavy (non-hydrogen) atoms. The van der Waals surface area contributed by atoms with E-state index in [1.54, 1.807) is 24.3 Å². The normalized spacial score (nSPS) is 10.8.